The number of aromatic nitrogens is 3. The molecule has 4 heteroatoms. The van der Waals surface area contributed by atoms with E-state index >= 15 is 0 Å². The van der Waals surface area contributed by atoms with Crippen molar-refractivity contribution in [3.05, 3.63) is 28.1 Å². The van der Waals surface area contributed by atoms with Crippen molar-refractivity contribution in [2.75, 3.05) is 0 Å². The largest absolute Gasteiger partial charge is 0.236 e. The molecule has 1 saturated carbocycles. The highest BCUT2D eigenvalue weighted by molar-refractivity contribution is 9.10. The van der Waals surface area contributed by atoms with Crippen LogP contribution in [0.25, 0.3) is 5.65 Å². The second kappa shape index (κ2) is 3.84. The molecule has 0 unspecified atom stereocenters. The fourth-order valence-electron chi connectivity index (χ4n) is 2.50. The molecule has 3 rings (SSSR count). The van der Waals surface area contributed by atoms with Crippen LogP contribution in [-0.2, 0) is 0 Å². The van der Waals surface area contributed by atoms with E-state index in [1.807, 2.05) is 17.6 Å². The molecule has 0 aromatic carbocycles. The molecule has 1 fully saturated rings. The fraction of sp³-hybridized carbons (Fsp3) is 0.500. The first-order valence-electron chi connectivity index (χ1n) is 5.76. The maximum Gasteiger partial charge on any atom is 0.169 e. The third-order valence-electron chi connectivity index (χ3n) is 3.42. The Morgan fingerprint density at radius 3 is 2.88 bits per heavy atom. The Morgan fingerprint density at radius 2 is 2.12 bits per heavy atom. The summed E-state index contributed by atoms with van der Waals surface area (Å²) in [7, 11) is 0. The Labute approximate surface area is 103 Å². The number of aryl methyl sites for hydroxylation is 1. The molecule has 16 heavy (non-hydrogen) atoms. The predicted molar refractivity (Wildman–Crippen MR) is 66.6 cm³/mol. The molecule has 0 bridgehead atoms. The molecule has 1 aliphatic carbocycles. The third kappa shape index (κ3) is 1.56. The van der Waals surface area contributed by atoms with Gasteiger partial charge in [0, 0.05) is 12.4 Å². The number of fused-ring (bicyclic) bond motifs is 1. The Bertz CT molecular complexity index is 526. The average molecular weight is 280 g/mol. The van der Waals surface area contributed by atoms with Gasteiger partial charge in [-0.1, -0.05) is 12.8 Å². The van der Waals surface area contributed by atoms with Gasteiger partial charge in [-0.05, 0) is 47.2 Å². The Morgan fingerprint density at radius 1 is 1.38 bits per heavy atom. The van der Waals surface area contributed by atoms with Gasteiger partial charge in [-0.3, -0.25) is 0 Å². The fourth-order valence-corrected chi connectivity index (χ4v) is 2.86. The first-order valence-corrected chi connectivity index (χ1v) is 6.55. The van der Waals surface area contributed by atoms with Gasteiger partial charge in [0.05, 0.1) is 10.2 Å². The predicted octanol–water partition coefficient (Wildman–Crippen LogP) is 3.46. The van der Waals surface area contributed by atoms with Crippen molar-refractivity contribution < 1.29 is 0 Å². The first kappa shape index (κ1) is 10.3. The van der Waals surface area contributed by atoms with Gasteiger partial charge in [0.15, 0.2) is 5.65 Å². The summed E-state index contributed by atoms with van der Waals surface area (Å²) >= 11 is 3.51. The normalized spacial score (nSPS) is 17.4. The minimum Gasteiger partial charge on any atom is -0.236 e. The van der Waals surface area contributed by atoms with E-state index in [1.165, 1.54) is 31.2 Å². The Kier molecular flexibility index (Phi) is 2.46. The van der Waals surface area contributed by atoms with Crippen LogP contribution in [-0.4, -0.2) is 14.6 Å². The topological polar surface area (TPSA) is 30.2 Å². The van der Waals surface area contributed by atoms with Crippen LogP contribution in [0.4, 0.5) is 0 Å². The monoisotopic (exact) mass is 279 g/mol. The highest BCUT2D eigenvalue weighted by Crippen LogP contribution is 2.34. The molecule has 0 N–H and O–H groups in total. The summed E-state index contributed by atoms with van der Waals surface area (Å²) in [5.74, 6) is 0.695. The van der Waals surface area contributed by atoms with Gasteiger partial charge in [-0.25, -0.2) is 9.50 Å². The van der Waals surface area contributed by atoms with E-state index in [9.17, 15) is 0 Å². The lowest BCUT2D eigenvalue weighted by Crippen LogP contribution is -1.98. The van der Waals surface area contributed by atoms with Gasteiger partial charge in [0.1, 0.15) is 0 Å². The number of hydrogen-bond acceptors (Lipinski definition) is 2. The minimum absolute atomic E-state index is 0.695. The highest BCUT2D eigenvalue weighted by atomic mass is 79.9. The Hall–Kier alpha value is -0.900. The van der Waals surface area contributed by atoms with Crippen LogP contribution >= 0.6 is 15.9 Å². The SMILES string of the molecule is Cc1nn2cc(C3CCCC3)cnc2c1Br. The standard InChI is InChI=1S/C12H14BrN3/c1-8-11(13)12-14-6-10(7-16(12)15-8)9-4-2-3-5-9/h6-7,9H,2-5H2,1H3. The molecular formula is C12H14BrN3. The number of halogens is 1. The number of rotatable bonds is 1. The summed E-state index contributed by atoms with van der Waals surface area (Å²) in [6, 6.07) is 0. The molecule has 0 radical (unpaired) electrons. The van der Waals surface area contributed by atoms with Crippen molar-refractivity contribution >= 4 is 21.6 Å². The van der Waals surface area contributed by atoms with Gasteiger partial charge >= 0.3 is 0 Å². The van der Waals surface area contributed by atoms with E-state index in [0.29, 0.717) is 5.92 Å². The minimum atomic E-state index is 0.695. The summed E-state index contributed by atoms with van der Waals surface area (Å²) < 4.78 is 2.90. The zero-order valence-corrected chi connectivity index (χ0v) is 10.9. The zero-order valence-electron chi connectivity index (χ0n) is 9.28. The zero-order chi connectivity index (χ0) is 11.1. The number of nitrogens with zero attached hydrogens (tertiary/aromatic N) is 3. The van der Waals surface area contributed by atoms with Crippen molar-refractivity contribution in [2.24, 2.45) is 0 Å². The summed E-state index contributed by atoms with van der Waals surface area (Å²) in [4.78, 5) is 4.50. The van der Waals surface area contributed by atoms with E-state index in [2.05, 4.69) is 32.2 Å². The van der Waals surface area contributed by atoms with E-state index in [4.69, 9.17) is 0 Å². The molecule has 2 aromatic heterocycles. The summed E-state index contributed by atoms with van der Waals surface area (Å²) in [5.41, 5.74) is 3.25. The van der Waals surface area contributed by atoms with Gasteiger partial charge in [0.25, 0.3) is 0 Å². The molecule has 2 aromatic rings. The molecule has 3 nitrogen and oxygen atoms in total. The molecule has 0 saturated heterocycles. The maximum absolute atomic E-state index is 4.50. The van der Waals surface area contributed by atoms with Crippen LogP contribution in [0.2, 0.25) is 0 Å². The lowest BCUT2D eigenvalue weighted by molar-refractivity contribution is 0.707. The van der Waals surface area contributed by atoms with Gasteiger partial charge in [0.2, 0.25) is 0 Å². The molecule has 0 spiro atoms. The van der Waals surface area contributed by atoms with Crippen molar-refractivity contribution in [3.8, 4) is 0 Å². The van der Waals surface area contributed by atoms with Crippen molar-refractivity contribution in [1.29, 1.82) is 0 Å². The molecule has 2 heterocycles. The van der Waals surface area contributed by atoms with Gasteiger partial charge in [-0.15, -0.1) is 0 Å². The van der Waals surface area contributed by atoms with Crippen LogP contribution in [0.3, 0.4) is 0 Å². The summed E-state index contributed by atoms with van der Waals surface area (Å²) in [5, 5.41) is 4.45. The molecule has 84 valence electrons. The molecular weight excluding hydrogens is 266 g/mol. The highest BCUT2D eigenvalue weighted by Gasteiger charge is 2.18. The van der Waals surface area contributed by atoms with Gasteiger partial charge < -0.3 is 0 Å². The molecule has 0 amide bonds. The third-order valence-corrected chi connectivity index (χ3v) is 4.35. The van der Waals surface area contributed by atoms with Gasteiger partial charge in [-0.2, -0.15) is 5.10 Å². The van der Waals surface area contributed by atoms with Crippen molar-refractivity contribution in [2.45, 2.75) is 38.5 Å². The van der Waals surface area contributed by atoms with E-state index in [0.717, 1.165) is 15.8 Å². The second-order valence-corrected chi connectivity index (χ2v) is 5.33. The van der Waals surface area contributed by atoms with Crippen LogP contribution in [0, 0.1) is 6.92 Å². The van der Waals surface area contributed by atoms with E-state index in [-0.39, 0.29) is 0 Å². The summed E-state index contributed by atoms with van der Waals surface area (Å²) in [6.07, 6.45) is 9.45. The van der Waals surface area contributed by atoms with Crippen LogP contribution in [0.1, 0.15) is 42.9 Å². The molecule has 0 atom stereocenters. The lowest BCUT2D eigenvalue weighted by atomic mass is 10.0. The summed E-state index contributed by atoms with van der Waals surface area (Å²) in [6.45, 7) is 1.99. The van der Waals surface area contributed by atoms with E-state index < -0.39 is 0 Å². The quantitative estimate of drug-likeness (QED) is 0.800. The smallest absolute Gasteiger partial charge is 0.169 e. The Balaban J connectivity index is 2.08. The maximum atomic E-state index is 4.50. The van der Waals surface area contributed by atoms with Crippen molar-refractivity contribution in [1.82, 2.24) is 14.6 Å². The van der Waals surface area contributed by atoms with Crippen LogP contribution in [0.5, 0.6) is 0 Å². The lowest BCUT2D eigenvalue weighted by Gasteiger charge is -2.08. The molecule has 0 aliphatic heterocycles. The van der Waals surface area contributed by atoms with Crippen molar-refractivity contribution in [3.63, 3.8) is 0 Å². The average Bonchev–Trinajstić information content (AvgIpc) is 2.88. The molecule has 1 aliphatic rings. The first-order chi connectivity index (χ1) is 7.75. The van der Waals surface area contributed by atoms with E-state index in [1.54, 1.807) is 0 Å². The number of hydrogen-bond donors (Lipinski definition) is 0. The van der Waals surface area contributed by atoms with Crippen LogP contribution in [0.15, 0.2) is 16.9 Å². The second-order valence-electron chi connectivity index (χ2n) is 4.54. The van der Waals surface area contributed by atoms with Crippen LogP contribution < -0.4 is 0 Å².